The Bertz CT molecular complexity index is 478. The molecule has 116 valence electrons. The smallest absolute Gasteiger partial charge is 0.310 e. The topological polar surface area (TPSA) is 75.8 Å². The van der Waals surface area contributed by atoms with E-state index in [0.29, 0.717) is 18.9 Å². The second kappa shape index (κ2) is 7.38. The number of hydrogen-bond acceptors (Lipinski definition) is 5. The van der Waals surface area contributed by atoms with Crippen LogP contribution >= 0.6 is 0 Å². The average Bonchev–Trinajstić information content (AvgIpc) is 2.48. The molecular weight excluding hydrogens is 272 g/mol. The largest absolute Gasteiger partial charge is 0.485 e. The number of para-hydroxylation sites is 2. The maximum atomic E-state index is 10.9. The van der Waals surface area contributed by atoms with Gasteiger partial charge < -0.3 is 9.84 Å². The van der Waals surface area contributed by atoms with Gasteiger partial charge in [0.25, 0.3) is 0 Å². The van der Waals surface area contributed by atoms with E-state index in [0.717, 1.165) is 25.8 Å². The average molecular weight is 294 g/mol. The van der Waals surface area contributed by atoms with Crippen LogP contribution in [-0.4, -0.2) is 46.8 Å². The molecule has 0 aliphatic carbocycles. The Balaban J connectivity index is 1.90. The fourth-order valence-corrected chi connectivity index (χ4v) is 2.84. The van der Waals surface area contributed by atoms with Crippen molar-refractivity contribution in [1.29, 1.82) is 0 Å². The van der Waals surface area contributed by atoms with Crippen molar-refractivity contribution in [1.82, 2.24) is 4.90 Å². The van der Waals surface area contributed by atoms with E-state index in [9.17, 15) is 15.2 Å². The van der Waals surface area contributed by atoms with Crippen molar-refractivity contribution < 1.29 is 14.8 Å². The molecule has 1 aromatic carbocycles. The molecule has 1 heterocycles. The third kappa shape index (κ3) is 4.15. The van der Waals surface area contributed by atoms with E-state index in [-0.39, 0.29) is 17.8 Å². The highest BCUT2D eigenvalue weighted by molar-refractivity contribution is 5.45. The molecule has 6 nitrogen and oxygen atoms in total. The maximum Gasteiger partial charge on any atom is 0.310 e. The molecule has 1 saturated heterocycles. The molecular formula is C15H22N2O4. The number of nitrogens with zero attached hydrogens (tertiary/aromatic N) is 2. The van der Waals surface area contributed by atoms with Crippen molar-refractivity contribution in [3.8, 4) is 5.75 Å². The Kier molecular flexibility index (Phi) is 5.52. The molecule has 0 unspecified atom stereocenters. The number of nitro benzene ring substituents is 1. The molecule has 1 aliphatic rings. The minimum atomic E-state index is -0.436. The third-order valence-electron chi connectivity index (χ3n) is 3.92. The molecule has 2 rings (SSSR count). The molecule has 0 amide bonds. The van der Waals surface area contributed by atoms with Gasteiger partial charge in [-0.1, -0.05) is 18.6 Å². The molecule has 1 aromatic rings. The van der Waals surface area contributed by atoms with Crippen LogP contribution in [0.5, 0.6) is 5.75 Å². The van der Waals surface area contributed by atoms with E-state index in [1.165, 1.54) is 6.07 Å². The highest BCUT2D eigenvalue weighted by atomic mass is 16.6. The molecule has 1 aliphatic heterocycles. The fourth-order valence-electron chi connectivity index (χ4n) is 2.84. The van der Waals surface area contributed by atoms with Crippen LogP contribution in [-0.2, 0) is 0 Å². The van der Waals surface area contributed by atoms with E-state index in [4.69, 9.17) is 4.74 Å². The summed E-state index contributed by atoms with van der Waals surface area (Å²) >= 11 is 0. The standard InChI is InChI=1S/C15H22N2O4/c1-12(18)13-6-4-5-9-16(13)10-11-21-15-8-3-2-7-14(15)17(19)20/h2-3,7-8,12-13,18H,4-6,9-11H2,1H3/t12-,13-/m1/s1. The van der Waals surface area contributed by atoms with E-state index >= 15 is 0 Å². The summed E-state index contributed by atoms with van der Waals surface area (Å²) in [5.74, 6) is 0.299. The van der Waals surface area contributed by atoms with Crippen LogP contribution in [0.2, 0.25) is 0 Å². The number of nitro groups is 1. The summed E-state index contributed by atoms with van der Waals surface area (Å²) in [6.45, 7) is 3.80. The van der Waals surface area contributed by atoms with Crippen LogP contribution < -0.4 is 4.74 Å². The molecule has 6 heteroatoms. The van der Waals surface area contributed by atoms with Crippen LogP contribution in [0.4, 0.5) is 5.69 Å². The van der Waals surface area contributed by atoms with Gasteiger partial charge in [-0.25, -0.2) is 0 Å². The lowest BCUT2D eigenvalue weighted by molar-refractivity contribution is -0.385. The number of benzene rings is 1. The molecule has 1 fully saturated rings. The predicted molar refractivity (Wildman–Crippen MR) is 79.5 cm³/mol. The number of rotatable bonds is 6. The van der Waals surface area contributed by atoms with Gasteiger partial charge in [0.2, 0.25) is 0 Å². The number of aliphatic hydroxyl groups is 1. The summed E-state index contributed by atoms with van der Waals surface area (Å²) in [4.78, 5) is 12.7. The van der Waals surface area contributed by atoms with E-state index in [2.05, 4.69) is 4.90 Å². The number of hydrogen-bond donors (Lipinski definition) is 1. The number of piperidine rings is 1. The first kappa shape index (κ1) is 15.7. The Labute approximate surface area is 124 Å². The first-order chi connectivity index (χ1) is 10.1. The van der Waals surface area contributed by atoms with Crippen LogP contribution in [0.1, 0.15) is 26.2 Å². The summed E-state index contributed by atoms with van der Waals surface area (Å²) < 4.78 is 5.56. The molecule has 0 saturated carbocycles. The molecule has 0 spiro atoms. The van der Waals surface area contributed by atoms with Gasteiger partial charge in [-0.15, -0.1) is 0 Å². The molecule has 0 aromatic heterocycles. The van der Waals surface area contributed by atoms with Crippen molar-refractivity contribution in [2.45, 2.75) is 38.3 Å². The van der Waals surface area contributed by atoms with Gasteiger partial charge in [-0.05, 0) is 32.4 Å². The zero-order valence-electron chi connectivity index (χ0n) is 12.3. The minimum absolute atomic E-state index is 0.0109. The second-order valence-electron chi connectivity index (χ2n) is 5.41. The fraction of sp³-hybridized carbons (Fsp3) is 0.600. The Hall–Kier alpha value is -1.66. The lowest BCUT2D eigenvalue weighted by atomic mass is 9.98. The highest BCUT2D eigenvalue weighted by Gasteiger charge is 2.26. The van der Waals surface area contributed by atoms with Gasteiger partial charge in [0.15, 0.2) is 5.75 Å². The zero-order chi connectivity index (χ0) is 15.2. The molecule has 0 radical (unpaired) electrons. The number of ether oxygens (including phenoxy) is 1. The summed E-state index contributed by atoms with van der Waals surface area (Å²) in [5.41, 5.74) is -0.0109. The summed E-state index contributed by atoms with van der Waals surface area (Å²) in [6, 6.07) is 6.56. The van der Waals surface area contributed by atoms with Crippen molar-refractivity contribution in [3.63, 3.8) is 0 Å². The summed E-state index contributed by atoms with van der Waals surface area (Å²) in [6.07, 6.45) is 2.88. The van der Waals surface area contributed by atoms with Crippen LogP contribution in [0.25, 0.3) is 0 Å². The maximum absolute atomic E-state index is 10.9. The van der Waals surface area contributed by atoms with Crippen molar-refractivity contribution in [2.75, 3.05) is 19.7 Å². The number of aliphatic hydroxyl groups excluding tert-OH is 1. The van der Waals surface area contributed by atoms with Crippen molar-refractivity contribution >= 4 is 5.69 Å². The van der Waals surface area contributed by atoms with Crippen LogP contribution in [0.3, 0.4) is 0 Å². The molecule has 2 atom stereocenters. The monoisotopic (exact) mass is 294 g/mol. The van der Waals surface area contributed by atoms with Gasteiger partial charge in [0.1, 0.15) is 6.61 Å². The normalized spacial score (nSPS) is 21.0. The second-order valence-corrected chi connectivity index (χ2v) is 5.41. The van der Waals surface area contributed by atoms with Crippen molar-refractivity contribution in [3.05, 3.63) is 34.4 Å². The number of likely N-dealkylation sites (tertiary alicyclic amines) is 1. The van der Waals surface area contributed by atoms with Gasteiger partial charge in [-0.2, -0.15) is 0 Å². The van der Waals surface area contributed by atoms with Gasteiger partial charge in [-0.3, -0.25) is 15.0 Å². The van der Waals surface area contributed by atoms with Crippen LogP contribution in [0.15, 0.2) is 24.3 Å². The molecule has 21 heavy (non-hydrogen) atoms. The first-order valence-corrected chi connectivity index (χ1v) is 7.38. The molecule has 0 bridgehead atoms. The van der Waals surface area contributed by atoms with Gasteiger partial charge in [0.05, 0.1) is 11.0 Å². The Morgan fingerprint density at radius 1 is 1.48 bits per heavy atom. The van der Waals surface area contributed by atoms with E-state index in [1.807, 2.05) is 6.92 Å². The van der Waals surface area contributed by atoms with Gasteiger partial charge in [0, 0.05) is 18.7 Å². The highest BCUT2D eigenvalue weighted by Crippen LogP contribution is 2.26. The predicted octanol–water partition coefficient (Wildman–Crippen LogP) is 2.21. The van der Waals surface area contributed by atoms with E-state index in [1.54, 1.807) is 18.2 Å². The lowest BCUT2D eigenvalue weighted by Crippen LogP contribution is -2.47. The Morgan fingerprint density at radius 2 is 2.24 bits per heavy atom. The van der Waals surface area contributed by atoms with Crippen molar-refractivity contribution in [2.24, 2.45) is 0 Å². The first-order valence-electron chi connectivity index (χ1n) is 7.38. The van der Waals surface area contributed by atoms with E-state index < -0.39 is 4.92 Å². The molecule has 1 N–H and O–H groups in total. The Morgan fingerprint density at radius 3 is 2.95 bits per heavy atom. The third-order valence-corrected chi connectivity index (χ3v) is 3.92. The van der Waals surface area contributed by atoms with Crippen LogP contribution in [0, 0.1) is 10.1 Å². The van der Waals surface area contributed by atoms with Gasteiger partial charge >= 0.3 is 5.69 Å². The summed E-state index contributed by atoms with van der Waals surface area (Å²) in [7, 11) is 0. The quantitative estimate of drug-likeness (QED) is 0.643. The minimum Gasteiger partial charge on any atom is -0.485 e. The summed E-state index contributed by atoms with van der Waals surface area (Å²) in [5, 5.41) is 20.7. The SMILES string of the molecule is C[C@@H](O)[C@H]1CCCCN1CCOc1ccccc1[N+](=O)[O-]. The lowest BCUT2D eigenvalue weighted by Gasteiger charge is -2.37. The zero-order valence-corrected chi connectivity index (χ0v) is 12.3.